The molecule has 1 aromatic rings. The van der Waals surface area contributed by atoms with E-state index in [9.17, 15) is 4.79 Å². The monoisotopic (exact) mass is 302 g/mol. The Balaban J connectivity index is 2.54. The average Bonchev–Trinajstić information content (AvgIpc) is 2.14. The Bertz CT molecular complexity index is 385. The first-order valence-corrected chi connectivity index (χ1v) is 5.73. The predicted octanol–water partition coefficient (Wildman–Crippen LogP) is 2.84. The van der Waals surface area contributed by atoms with Gasteiger partial charge in [-0.1, -0.05) is 34.7 Å². The van der Waals surface area contributed by atoms with Gasteiger partial charge in [0.25, 0.3) is 0 Å². The first kappa shape index (κ1) is 9.96. The van der Waals surface area contributed by atoms with E-state index in [1.165, 1.54) is 0 Å². The Labute approximate surface area is 96.8 Å². The molecule has 0 aliphatic carbocycles. The summed E-state index contributed by atoms with van der Waals surface area (Å²) < 4.78 is 5.66. The van der Waals surface area contributed by atoms with Crippen molar-refractivity contribution in [3.8, 4) is 5.75 Å². The van der Waals surface area contributed by atoms with E-state index in [0.29, 0.717) is 11.3 Å². The van der Waals surface area contributed by atoms with Gasteiger partial charge in [-0.15, -0.1) is 0 Å². The number of fused-ring (bicyclic) bond motifs is 1. The van der Waals surface area contributed by atoms with Crippen molar-refractivity contribution in [1.82, 2.24) is 0 Å². The smallest absolute Gasteiger partial charge is 0.183 e. The molecule has 74 valence electrons. The quantitative estimate of drug-likeness (QED) is 0.544. The summed E-state index contributed by atoms with van der Waals surface area (Å²) in [4.78, 5) is 11.9. The number of benzene rings is 1. The zero-order chi connectivity index (χ0) is 10.3. The van der Waals surface area contributed by atoms with Crippen LogP contribution in [-0.4, -0.2) is 15.3 Å². The fourth-order valence-corrected chi connectivity index (χ4v) is 2.01. The lowest BCUT2D eigenvalue weighted by molar-refractivity contribution is 0.0684. The third-order valence-corrected chi connectivity index (χ3v) is 4.43. The van der Waals surface area contributed by atoms with E-state index in [0.717, 1.165) is 0 Å². The Morgan fingerprint density at radius 2 is 2.00 bits per heavy atom. The second kappa shape index (κ2) is 3.22. The molecular weight excluding hydrogens is 291 g/mol. The lowest BCUT2D eigenvalue weighted by Gasteiger charge is -2.35. The molecule has 3 heteroatoms. The van der Waals surface area contributed by atoms with Crippen LogP contribution in [0.15, 0.2) is 24.3 Å². The van der Waals surface area contributed by atoms with Crippen LogP contribution in [0.1, 0.15) is 24.2 Å². The summed E-state index contributed by atoms with van der Waals surface area (Å²) in [6.45, 7) is 3.88. The molecule has 0 saturated heterocycles. The second-order valence-corrected chi connectivity index (χ2v) is 5.17. The van der Waals surface area contributed by atoms with Crippen molar-refractivity contribution in [2.24, 2.45) is 0 Å². The molecule has 0 aromatic heterocycles. The molecule has 0 spiro atoms. The minimum absolute atomic E-state index is 0.116. The van der Waals surface area contributed by atoms with Gasteiger partial charge in [0.05, 0.1) is 5.56 Å². The van der Waals surface area contributed by atoms with Gasteiger partial charge in [0.1, 0.15) is 15.3 Å². The Morgan fingerprint density at radius 1 is 1.36 bits per heavy atom. The van der Waals surface area contributed by atoms with E-state index >= 15 is 0 Å². The normalized spacial score (nSPS) is 23.9. The molecule has 0 N–H and O–H groups in total. The number of carbonyl (C=O) groups excluding carboxylic acids is 1. The van der Waals surface area contributed by atoms with Crippen LogP contribution in [-0.2, 0) is 0 Å². The standard InChI is InChI=1S/C11H11IO2/c1-11(2)10(12)9(13)7-5-3-4-6-8(7)14-11/h3-6,10H,1-2H3. The van der Waals surface area contributed by atoms with E-state index in [1.54, 1.807) is 0 Å². The van der Waals surface area contributed by atoms with Gasteiger partial charge < -0.3 is 4.74 Å². The van der Waals surface area contributed by atoms with Gasteiger partial charge in [0.15, 0.2) is 5.78 Å². The highest BCUT2D eigenvalue weighted by molar-refractivity contribution is 14.1. The molecule has 0 radical (unpaired) electrons. The number of ketones is 1. The van der Waals surface area contributed by atoms with Gasteiger partial charge in [0, 0.05) is 0 Å². The van der Waals surface area contributed by atoms with E-state index in [4.69, 9.17) is 4.74 Å². The minimum atomic E-state index is -0.411. The molecule has 0 saturated carbocycles. The number of halogens is 1. The van der Waals surface area contributed by atoms with Crippen LogP contribution in [0.4, 0.5) is 0 Å². The third kappa shape index (κ3) is 1.43. The molecule has 0 bridgehead atoms. The lowest BCUT2D eigenvalue weighted by Crippen LogP contribution is -2.46. The largest absolute Gasteiger partial charge is 0.486 e. The summed E-state index contributed by atoms with van der Waals surface area (Å²) >= 11 is 2.15. The number of rotatable bonds is 0. The Kier molecular flexibility index (Phi) is 2.29. The third-order valence-electron chi connectivity index (χ3n) is 2.37. The highest BCUT2D eigenvalue weighted by atomic mass is 127. The highest BCUT2D eigenvalue weighted by Crippen LogP contribution is 2.36. The van der Waals surface area contributed by atoms with Crippen LogP contribution < -0.4 is 4.74 Å². The SMILES string of the molecule is CC1(C)Oc2ccccc2C(=O)C1I. The molecule has 1 aromatic carbocycles. The summed E-state index contributed by atoms with van der Waals surface area (Å²) in [5, 5.41) is 0. The number of para-hydroxylation sites is 1. The number of alkyl halides is 1. The van der Waals surface area contributed by atoms with E-state index in [2.05, 4.69) is 22.6 Å². The van der Waals surface area contributed by atoms with Crippen molar-refractivity contribution in [2.75, 3.05) is 0 Å². The van der Waals surface area contributed by atoms with Crippen LogP contribution in [0.3, 0.4) is 0 Å². The number of Topliss-reactive ketones (excluding diaryl/α,β-unsaturated/α-hetero) is 1. The van der Waals surface area contributed by atoms with E-state index in [1.807, 2.05) is 38.1 Å². The maximum absolute atomic E-state index is 11.9. The summed E-state index contributed by atoms with van der Waals surface area (Å²) in [7, 11) is 0. The van der Waals surface area contributed by atoms with E-state index in [-0.39, 0.29) is 9.71 Å². The zero-order valence-electron chi connectivity index (χ0n) is 8.08. The highest BCUT2D eigenvalue weighted by Gasteiger charge is 2.41. The van der Waals surface area contributed by atoms with Gasteiger partial charge in [-0.2, -0.15) is 0 Å². The van der Waals surface area contributed by atoms with Crippen LogP contribution in [0.25, 0.3) is 0 Å². The fourth-order valence-electron chi connectivity index (χ4n) is 1.55. The zero-order valence-corrected chi connectivity index (χ0v) is 10.2. The Hall–Kier alpha value is -0.580. The fraction of sp³-hybridized carbons (Fsp3) is 0.364. The van der Waals surface area contributed by atoms with Crippen molar-refractivity contribution in [1.29, 1.82) is 0 Å². The lowest BCUT2D eigenvalue weighted by atomic mass is 9.93. The van der Waals surface area contributed by atoms with Crippen LogP contribution in [0.5, 0.6) is 5.75 Å². The molecule has 1 aliphatic heterocycles. The molecule has 1 heterocycles. The summed E-state index contributed by atoms with van der Waals surface area (Å²) in [5.74, 6) is 0.868. The molecular formula is C11H11IO2. The topological polar surface area (TPSA) is 26.3 Å². The number of ether oxygens (including phenoxy) is 1. The number of carbonyl (C=O) groups is 1. The van der Waals surface area contributed by atoms with Crippen molar-refractivity contribution in [3.05, 3.63) is 29.8 Å². The molecule has 0 amide bonds. The summed E-state index contributed by atoms with van der Waals surface area (Å²) in [6.07, 6.45) is 0. The molecule has 1 aliphatic rings. The van der Waals surface area contributed by atoms with Crippen molar-refractivity contribution in [2.45, 2.75) is 23.4 Å². The van der Waals surface area contributed by atoms with Gasteiger partial charge in [0.2, 0.25) is 0 Å². The molecule has 1 atom stereocenters. The van der Waals surface area contributed by atoms with Gasteiger partial charge >= 0.3 is 0 Å². The van der Waals surface area contributed by atoms with Crippen molar-refractivity contribution >= 4 is 28.4 Å². The molecule has 14 heavy (non-hydrogen) atoms. The molecule has 1 unspecified atom stereocenters. The first-order chi connectivity index (χ1) is 6.52. The van der Waals surface area contributed by atoms with E-state index < -0.39 is 5.60 Å². The maximum atomic E-state index is 11.9. The van der Waals surface area contributed by atoms with Crippen molar-refractivity contribution in [3.63, 3.8) is 0 Å². The molecule has 2 nitrogen and oxygen atoms in total. The van der Waals surface area contributed by atoms with Crippen LogP contribution in [0, 0.1) is 0 Å². The van der Waals surface area contributed by atoms with Crippen molar-refractivity contribution < 1.29 is 9.53 Å². The average molecular weight is 302 g/mol. The first-order valence-electron chi connectivity index (χ1n) is 4.49. The maximum Gasteiger partial charge on any atom is 0.183 e. The summed E-state index contributed by atoms with van der Waals surface area (Å²) in [5.41, 5.74) is 0.289. The summed E-state index contributed by atoms with van der Waals surface area (Å²) in [6, 6.07) is 7.41. The van der Waals surface area contributed by atoms with Crippen LogP contribution >= 0.6 is 22.6 Å². The minimum Gasteiger partial charge on any atom is -0.486 e. The van der Waals surface area contributed by atoms with Gasteiger partial charge in [-0.3, -0.25) is 4.79 Å². The van der Waals surface area contributed by atoms with Gasteiger partial charge in [-0.05, 0) is 26.0 Å². The number of hydrogen-bond donors (Lipinski definition) is 0. The second-order valence-electron chi connectivity index (χ2n) is 3.93. The predicted molar refractivity (Wildman–Crippen MR) is 63.3 cm³/mol. The van der Waals surface area contributed by atoms with Gasteiger partial charge in [-0.25, -0.2) is 0 Å². The van der Waals surface area contributed by atoms with Crippen LogP contribution in [0.2, 0.25) is 0 Å². The Morgan fingerprint density at radius 3 is 2.71 bits per heavy atom. The molecule has 0 fully saturated rings. The number of hydrogen-bond acceptors (Lipinski definition) is 2. The molecule has 2 rings (SSSR count).